The predicted molar refractivity (Wildman–Crippen MR) is 74.4 cm³/mol. The van der Waals surface area contributed by atoms with E-state index in [0.717, 1.165) is 12.8 Å². The number of nitrogens with zero attached hydrogens (tertiary/aromatic N) is 1. The van der Waals surface area contributed by atoms with Crippen molar-refractivity contribution in [1.29, 1.82) is 0 Å². The average Bonchev–Trinajstić information content (AvgIpc) is 2.25. The van der Waals surface area contributed by atoms with Crippen molar-refractivity contribution in [3.63, 3.8) is 0 Å². The van der Waals surface area contributed by atoms with E-state index < -0.39 is 5.82 Å². The van der Waals surface area contributed by atoms with E-state index in [1.807, 2.05) is 11.0 Å². The monoisotopic (exact) mass is 268 g/mol. The van der Waals surface area contributed by atoms with Crippen LogP contribution >= 0.6 is 12.2 Å². The van der Waals surface area contributed by atoms with Crippen molar-refractivity contribution in [2.24, 2.45) is 5.73 Å². The molecule has 1 fully saturated rings. The van der Waals surface area contributed by atoms with Crippen LogP contribution < -0.4 is 10.6 Å². The maximum absolute atomic E-state index is 13.8. The number of hydrogen-bond acceptors (Lipinski definition) is 3. The second-order valence-corrected chi connectivity index (χ2v) is 4.94. The van der Waals surface area contributed by atoms with Crippen molar-refractivity contribution in [2.45, 2.75) is 25.3 Å². The Labute approximate surface area is 111 Å². The Kier molecular flexibility index (Phi) is 4.14. The molecule has 3 N–H and O–H groups in total. The van der Waals surface area contributed by atoms with E-state index in [1.165, 1.54) is 12.5 Å². The molecule has 1 aliphatic carbocycles. The van der Waals surface area contributed by atoms with Crippen LogP contribution in [0.15, 0.2) is 18.2 Å². The van der Waals surface area contributed by atoms with Gasteiger partial charge in [-0.05, 0) is 31.4 Å². The maximum atomic E-state index is 13.8. The first kappa shape index (κ1) is 13.2. The minimum absolute atomic E-state index is 0.0315. The number of aliphatic hydroxyl groups excluding tert-OH is 1. The summed E-state index contributed by atoms with van der Waals surface area (Å²) in [7, 11) is 0. The van der Waals surface area contributed by atoms with E-state index in [9.17, 15) is 4.39 Å². The molecule has 3 nitrogen and oxygen atoms in total. The molecular weight excluding hydrogens is 251 g/mol. The minimum atomic E-state index is -0.401. The molecule has 0 bridgehead atoms. The SMILES string of the molecule is NC(=S)c1c(F)cccc1N(CCO)C1CCC1. The Morgan fingerprint density at radius 2 is 2.22 bits per heavy atom. The third-order valence-electron chi connectivity index (χ3n) is 3.40. The summed E-state index contributed by atoms with van der Waals surface area (Å²) in [5, 5.41) is 9.17. The molecule has 1 aromatic carbocycles. The van der Waals surface area contributed by atoms with Gasteiger partial charge in [0.25, 0.3) is 0 Å². The van der Waals surface area contributed by atoms with Crippen molar-refractivity contribution in [1.82, 2.24) is 0 Å². The Morgan fingerprint density at radius 1 is 1.50 bits per heavy atom. The number of anilines is 1. The molecule has 98 valence electrons. The predicted octanol–water partition coefficient (Wildman–Crippen LogP) is 1.81. The number of aliphatic hydroxyl groups is 1. The van der Waals surface area contributed by atoms with Crippen LogP contribution in [0.25, 0.3) is 0 Å². The quantitative estimate of drug-likeness (QED) is 0.800. The summed E-state index contributed by atoms with van der Waals surface area (Å²) in [4.78, 5) is 2.08. The normalized spacial score (nSPS) is 15.2. The Balaban J connectivity index is 2.39. The molecule has 0 aromatic heterocycles. The number of benzene rings is 1. The summed E-state index contributed by atoms with van der Waals surface area (Å²) < 4.78 is 13.8. The molecule has 0 spiro atoms. The van der Waals surface area contributed by atoms with E-state index in [-0.39, 0.29) is 17.2 Å². The first-order valence-corrected chi connectivity index (χ1v) is 6.51. The van der Waals surface area contributed by atoms with Crippen LogP contribution in [0.3, 0.4) is 0 Å². The standard InChI is InChI=1S/C13H17FN2OS/c14-10-5-2-6-11(12(10)13(15)18)16(7-8-17)9-3-1-4-9/h2,5-6,9,17H,1,3-4,7-8H2,(H2,15,18). The first-order chi connectivity index (χ1) is 8.65. The number of nitrogens with two attached hydrogens (primary N) is 1. The highest BCUT2D eigenvalue weighted by atomic mass is 32.1. The van der Waals surface area contributed by atoms with Gasteiger partial charge in [-0.2, -0.15) is 0 Å². The lowest BCUT2D eigenvalue weighted by molar-refractivity contribution is 0.283. The third kappa shape index (κ3) is 2.47. The molecule has 2 rings (SSSR count). The summed E-state index contributed by atoms with van der Waals surface area (Å²) >= 11 is 4.93. The van der Waals surface area contributed by atoms with Crippen LogP contribution in [-0.2, 0) is 0 Å². The van der Waals surface area contributed by atoms with E-state index in [2.05, 4.69) is 0 Å². The van der Waals surface area contributed by atoms with E-state index in [1.54, 1.807) is 6.07 Å². The largest absolute Gasteiger partial charge is 0.395 e. The highest BCUT2D eigenvalue weighted by Gasteiger charge is 2.27. The van der Waals surface area contributed by atoms with E-state index >= 15 is 0 Å². The van der Waals surface area contributed by atoms with Gasteiger partial charge in [0.05, 0.1) is 17.9 Å². The second-order valence-electron chi connectivity index (χ2n) is 4.50. The zero-order chi connectivity index (χ0) is 13.1. The molecule has 18 heavy (non-hydrogen) atoms. The number of thiocarbonyl (C=S) groups is 1. The van der Waals surface area contributed by atoms with Gasteiger partial charge in [0, 0.05) is 12.6 Å². The van der Waals surface area contributed by atoms with Gasteiger partial charge in [0.15, 0.2) is 0 Å². The third-order valence-corrected chi connectivity index (χ3v) is 3.61. The van der Waals surface area contributed by atoms with Crippen LogP contribution in [0.1, 0.15) is 24.8 Å². The van der Waals surface area contributed by atoms with Crippen LogP contribution in [0.4, 0.5) is 10.1 Å². The molecule has 0 amide bonds. The van der Waals surface area contributed by atoms with Gasteiger partial charge in [0.2, 0.25) is 0 Å². The van der Waals surface area contributed by atoms with E-state index in [4.69, 9.17) is 23.1 Å². The van der Waals surface area contributed by atoms with E-state index in [0.29, 0.717) is 18.3 Å². The Morgan fingerprint density at radius 3 is 2.72 bits per heavy atom. The lowest BCUT2D eigenvalue weighted by Gasteiger charge is -2.39. The van der Waals surface area contributed by atoms with Gasteiger partial charge in [-0.3, -0.25) is 0 Å². The van der Waals surface area contributed by atoms with Gasteiger partial charge >= 0.3 is 0 Å². The Hall–Kier alpha value is -1.20. The fourth-order valence-corrected chi connectivity index (χ4v) is 2.50. The van der Waals surface area contributed by atoms with Crippen molar-refractivity contribution >= 4 is 22.9 Å². The molecule has 0 unspecified atom stereocenters. The lowest BCUT2D eigenvalue weighted by atomic mass is 9.90. The molecule has 1 saturated carbocycles. The molecule has 5 heteroatoms. The van der Waals surface area contributed by atoms with Gasteiger partial charge < -0.3 is 15.7 Å². The summed E-state index contributed by atoms with van der Waals surface area (Å²) in [5.74, 6) is -0.401. The summed E-state index contributed by atoms with van der Waals surface area (Å²) in [6, 6.07) is 5.17. The summed E-state index contributed by atoms with van der Waals surface area (Å²) in [6.07, 6.45) is 3.30. The first-order valence-electron chi connectivity index (χ1n) is 6.11. The smallest absolute Gasteiger partial charge is 0.135 e. The summed E-state index contributed by atoms with van der Waals surface area (Å²) in [6.45, 7) is 0.507. The molecule has 1 aliphatic rings. The lowest BCUT2D eigenvalue weighted by Crippen LogP contribution is -2.43. The fraction of sp³-hybridized carbons (Fsp3) is 0.462. The average molecular weight is 268 g/mol. The van der Waals surface area contributed by atoms with Crippen LogP contribution in [0, 0.1) is 5.82 Å². The van der Waals surface area contributed by atoms with Gasteiger partial charge in [-0.15, -0.1) is 0 Å². The van der Waals surface area contributed by atoms with Crippen molar-refractivity contribution in [3.05, 3.63) is 29.6 Å². The number of halogens is 1. The highest BCUT2D eigenvalue weighted by Crippen LogP contribution is 2.32. The highest BCUT2D eigenvalue weighted by molar-refractivity contribution is 7.80. The van der Waals surface area contributed by atoms with Gasteiger partial charge in [-0.1, -0.05) is 18.3 Å². The molecular formula is C13H17FN2OS. The fourth-order valence-electron chi connectivity index (χ4n) is 2.30. The van der Waals surface area contributed by atoms with Gasteiger partial charge in [-0.25, -0.2) is 4.39 Å². The zero-order valence-corrected chi connectivity index (χ0v) is 10.9. The number of rotatable bonds is 5. The zero-order valence-electron chi connectivity index (χ0n) is 10.1. The Bertz CT molecular complexity index is 449. The van der Waals surface area contributed by atoms with Gasteiger partial charge in [0.1, 0.15) is 10.8 Å². The topological polar surface area (TPSA) is 49.5 Å². The maximum Gasteiger partial charge on any atom is 0.135 e. The van der Waals surface area contributed by atoms with Crippen LogP contribution in [0.2, 0.25) is 0 Å². The summed E-state index contributed by atoms with van der Waals surface area (Å²) in [5.41, 5.74) is 6.59. The number of hydrogen-bond donors (Lipinski definition) is 2. The van der Waals surface area contributed by atoms with Crippen LogP contribution in [0.5, 0.6) is 0 Å². The molecule has 1 aromatic rings. The molecule has 0 saturated heterocycles. The van der Waals surface area contributed by atoms with Crippen molar-refractivity contribution in [3.8, 4) is 0 Å². The molecule has 0 radical (unpaired) electrons. The second kappa shape index (κ2) is 5.63. The minimum Gasteiger partial charge on any atom is -0.395 e. The molecule has 0 atom stereocenters. The van der Waals surface area contributed by atoms with Crippen molar-refractivity contribution in [2.75, 3.05) is 18.1 Å². The molecule has 0 aliphatic heterocycles. The molecule has 0 heterocycles. The van der Waals surface area contributed by atoms with Crippen molar-refractivity contribution < 1.29 is 9.50 Å². The van der Waals surface area contributed by atoms with Crippen LogP contribution in [-0.4, -0.2) is 29.3 Å².